The highest BCUT2D eigenvalue weighted by atomic mass is 16.5. The summed E-state index contributed by atoms with van der Waals surface area (Å²) in [6.45, 7) is 2.34. The second kappa shape index (κ2) is 9.91. The monoisotopic (exact) mass is 411 g/mol. The van der Waals surface area contributed by atoms with Crippen LogP contribution < -0.4 is 4.74 Å². The Morgan fingerprint density at radius 3 is 2.67 bits per heavy atom. The maximum absolute atomic E-state index is 11.6. The van der Waals surface area contributed by atoms with E-state index >= 15 is 0 Å². The molecule has 1 aromatic carbocycles. The number of carbonyl (C=O) groups is 2. The normalized spacial score (nSPS) is 16.3. The molecule has 0 spiro atoms. The first-order valence-corrected chi connectivity index (χ1v) is 9.80. The number of hydrogen-bond acceptors (Lipinski definition) is 6. The van der Waals surface area contributed by atoms with Crippen molar-refractivity contribution in [3.63, 3.8) is 0 Å². The Balaban J connectivity index is 1.52. The number of hydrogen-bond donors (Lipinski definition) is 1. The Hall–Kier alpha value is -3.35. The van der Waals surface area contributed by atoms with E-state index < -0.39 is 17.9 Å². The number of oxazole rings is 1. The van der Waals surface area contributed by atoms with Crippen molar-refractivity contribution in [1.29, 1.82) is 0 Å². The zero-order valence-corrected chi connectivity index (χ0v) is 17.0. The van der Waals surface area contributed by atoms with Gasteiger partial charge >= 0.3 is 11.9 Å². The highest BCUT2D eigenvalue weighted by Crippen LogP contribution is 2.26. The lowest BCUT2D eigenvalue weighted by Gasteiger charge is -2.11. The van der Waals surface area contributed by atoms with Gasteiger partial charge in [-0.25, -0.2) is 4.98 Å². The second-order valence-corrected chi connectivity index (χ2v) is 7.07. The molecule has 0 radical (unpaired) electrons. The van der Waals surface area contributed by atoms with E-state index in [1.807, 2.05) is 19.1 Å². The summed E-state index contributed by atoms with van der Waals surface area (Å²) < 4.78 is 16.2. The Kier molecular flexibility index (Phi) is 7.06. The molecule has 1 heterocycles. The maximum Gasteiger partial charge on any atom is 0.320 e. The molecular formula is C23H25NO6. The Labute approximate surface area is 175 Å². The van der Waals surface area contributed by atoms with Crippen LogP contribution in [0.25, 0.3) is 0 Å². The van der Waals surface area contributed by atoms with Crippen molar-refractivity contribution >= 4 is 11.9 Å². The van der Waals surface area contributed by atoms with Gasteiger partial charge in [0.15, 0.2) is 5.92 Å². The first-order chi connectivity index (χ1) is 14.5. The van der Waals surface area contributed by atoms with Gasteiger partial charge in [-0.3, -0.25) is 9.59 Å². The second-order valence-electron chi connectivity index (χ2n) is 7.07. The Morgan fingerprint density at radius 2 is 2.03 bits per heavy atom. The summed E-state index contributed by atoms with van der Waals surface area (Å²) in [5, 5.41) is 9.18. The Bertz CT molecular complexity index is 941. The van der Waals surface area contributed by atoms with Gasteiger partial charge in [-0.1, -0.05) is 36.4 Å². The fraction of sp³-hybridized carbons (Fsp3) is 0.348. The molecule has 0 amide bonds. The third kappa shape index (κ3) is 5.37. The standard InChI is InChI=1S/C23H25NO6/c1-15-20(24-21(30-15)17-6-4-3-5-7-17)12-13-29-18-10-8-16(9-11-18)14-19(22(25)26)23(27)28-2/h3-6,8-11,17,19H,7,12-14H2,1-2H3,(H,25,26). The lowest BCUT2D eigenvalue weighted by molar-refractivity contribution is -0.156. The van der Waals surface area contributed by atoms with Crippen LogP contribution >= 0.6 is 0 Å². The molecule has 3 rings (SSSR count). The van der Waals surface area contributed by atoms with Gasteiger partial charge < -0.3 is 19.0 Å². The predicted octanol–water partition coefficient (Wildman–Crippen LogP) is 3.62. The molecule has 0 saturated heterocycles. The summed E-state index contributed by atoms with van der Waals surface area (Å²) in [5.41, 5.74) is 1.60. The number of ether oxygens (including phenoxy) is 2. The zero-order valence-electron chi connectivity index (χ0n) is 17.0. The molecule has 7 nitrogen and oxygen atoms in total. The number of nitrogens with zero attached hydrogens (tertiary/aromatic N) is 1. The van der Waals surface area contributed by atoms with E-state index in [2.05, 4.69) is 21.9 Å². The van der Waals surface area contributed by atoms with E-state index in [4.69, 9.17) is 9.15 Å². The van der Waals surface area contributed by atoms with Crippen LogP contribution in [0, 0.1) is 12.8 Å². The molecule has 0 fully saturated rings. The smallest absolute Gasteiger partial charge is 0.320 e. The first-order valence-electron chi connectivity index (χ1n) is 9.80. The Morgan fingerprint density at radius 1 is 1.27 bits per heavy atom. The van der Waals surface area contributed by atoms with E-state index in [0.717, 1.165) is 23.8 Å². The number of carbonyl (C=O) groups excluding carboxylic acids is 1. The van der Waals surface area contributed by atoms with E-state index in [9.17, 15) is 14.7 Å². The number of methoxy groups -OCH3 is 1. The predicted molar refractivity (Wildman–Crippen MR) is 109 cm³/mol. The number of carboxylic acid groups (broad SMARTS) is 1. The number of carboxylic acids is 1. The first kappa shape index (κ1) is 21.4. The van der Waals surface area contributed by atoms with Gasteiger partial charge in [0.05, 0.1) is 25.3 Å². The molecule has 7 heteroatoms. The number of aliphatic carboxylic acids is 1. The zero-order chi connectivity index (χ0) is 21.5. The minimum atomic E-state index is -1.22. The van der Waals surface area contributed by atoms with Gasteiger partial charge in [0.2, 0.25) is 5.89 Å². The van der Waals surface area contributed by atoms with E-state index in [0.29, 0.717) is 24.3 Å². The molecular weight excluding hydrogens is 386 g/mol. The van der Waals surface area contributed by atoms with Crippen molar-refractivity contribution in [3.8, 4) is 5.75 Å². The van der Waals surface area contributed by atoms with Crippen LogP contribution in [0.5, 0.6) is 5.75 Å². The summed E-state index contributed by atoms with van der Waals surface area (Å²) in [7, 11) is 1.18. The van der Waals surface area contributed by atoms with Gasteiger partial charge in [0.25, 0.3) is 0 Å². The summed E-state index contributed by atoms with van der Waals surface area (Å²) in [6.07, 6.45) is 9.77. The summed E-state index contributed by atoms with van der Waals surface area (Å²) >= 11 is 0. The molecule has 1 aromatic heterocycles. The molecule has 1 aliphatic rings. The molecule has 1 aliphatic carbocycles. The highest BCUT2D eigenvalue weighted by molar-refractivity contribution is 5.94. The van der Waals surface area contributed by atoms with Gasteiger partial charge in [-0.15, -0.1) is 0 Å². The van der Waals surface area contributed by atoms with Crippen molar-refractivity contribution in [2.45, 2.75) is 32.1 Å². The van der Waals surface area contributed by atoms with E-state index in [-0.39, 0.29) is 12.3 Å². The summed E-state index contributed by atoms with van der Waals surface area (Å²) in [4.78, 5) is 27.4. The average molecular weight is 411 g/mol. The third-order valence-corrected chi connectivity index (χ3v) is 4.96. The van der Waals surface area contributed by atoms with Gasteiger partial charge in [-0.05, 0) is 37.5 Å². The molecule has 2 aromatic rings. The lowest BCUT2D eigenvalue weighted by Crippen LogP contribution is -2.27. The summed E-state index contributed by atoms with van der Waals surface area (Å²) in [6, 6.07) is 7.00. The highest BCUT2D eigenvalue weighted by Gasteiger charge is 2.27. The van der Waals surface area contributed by atoms with E-state index in [1.165, 1.54) is 7.11 Å². The quantitative estimate of drug-likeness (QED) is 0.497. The van der Waals surface area contributed by atoms with Crippen molar-refractivity contribution in [2.75, 3.05) is 13.7 Å². The topological polar surface area (TPSA) is 98.9 Å². The minimum absolute atomic E-state index is 0.0635. The van der Waals surface area contributed by atoms with Crippen molar-refractivity contribution in [2.24, 2.45) is 5.92 Å². The molecule has 2 unspecified atom stereocenters. The van der Waals surface area contributed by atoms with Crippen LogP contribution in [0.15, 0.2) is 53.0 Å². The van der Waals surface area contributed by atoms with Gasteiger partial charge in [0, 0.05) is 6.42 Å². The van der Waals surface area contributed by atoms with E-state index in [1.54, 1.807) is 24.3 Å². The largest absolute Gasteiger partial charge is 0.493 e. The van der Waals surface area contributed by atoms with Gasteiger partial charge in [-0.2, -0.15) is 0 Å². The van der Waals surface area contributed by atoms with Gasteiger partial charge in [0.1, 0.15) is 11.5 Å². The fourth-order valence-corrected chi connectivity index (χ4v) is 3.24. The van der Waals surface area contributed by atoms with Crippen LogP contribution in [0.4, 0.5) is 0 Å². The molecule has 0 saturated carbocycles. The maximum atomic E-state index is 11.6. The fourth-order valence-electron chi connectivity index (χ4n) is 3.24. The number of aromatic nitrogens is 1. The molecule has 0 bridgehead atoms. The molecule has 2 atom stereocenters. The number of allylic oxidation sites excluding steroid dienone is 4. The van der Waals surface area contributed by atoms with Crippen molar-refractivity contribution in [3.05, 3.63) is 71.5 Å². The third-order valence-electron chi connectivity index (χ3n) is 4.96. The summed E-state index contributed by atoms with van der Waals surface area (Å²) in [5.74, 6) is -0.823. The SMILES string of the molecule is COC(=O)C(Cc1ccc(OCCc2nc(C3C=CC=CC3)oc2C)cc1)C(=O)O. The van der Waals surface area contributed by atoms with Crippen molar-refractivity contribution in [1.82, 2.24) is 4.98 Å². The van der Waals surface area contributed by atoms with Crippen LogP contribution in [0.1, 0.15) is 35.2 Å². The number of rotatable bonds is 9. The number of benzene rings is 1. The minimum Gasteiger partial charge on any atom is -0.493 e. The van der Waals surface area contributed by atoms with Crippen LogP contribution in [-0.4, -0.2) is 35.7 Å². The number of esters is 1. The van der Waals surface area contributed by atoms with Crippen LogP contribution in [0.3, 0.4) is 0 Å². The molecule has 1 N–H and O–H groups in total. The van der Waals surface area contributed by atoms with Crippen LogP contribution in [0.2, 0.25) is 0 Å². The number of aryl methyl sites for hydroxylation is 1. The lowest BCUT2D eigenvalue weighted by atomic mass is 9.99. The average Bonchev–Trinajstić information content (AvgIpc) is 3.13. The molecule has 30 heavy (non-hydrogen) atoms. The molecule has 158 valence electrons. The van der Waals surface area contributed by atoms with Crippen LogP contribution in [-0.2, 0) is 27.2 Å². The van der Waals surface area contributed by atoms with Crippen molar-refractivity contribution < 1.29 is 28.6 Å². The molecule has 0 aliphatic heterocycles.